The lowest BCUT2D eigenvalue weighted by molar-refractivity contribution is -0.0672. The van der Waals surface area contributed by atoms with Crippen molar-refractivity contribution in [3.63, 3.8) is 0 Å². The van der Waals surface area contributed by atoms with Crippen LogP contribution in [0.4, 0.5) is 4.39 Å². The minimum Gasteiger partial charge on any atom is -0.381 e. The van der Waals surface area contributed by atoms with Gasteiger partial charge in [-0.25, -0.2) is 4.39 Å². The maximum atomic E-state index is 13.8. The van der Waals surface area contributed by atoms with Crippen LogP contribution >= 0.6 is 0 Å². The number of hydrogen-bond acceptors (Lipinski definition) is 3. The topological polar surface area (TPSA) is 38.8 Å². The minimum atomic E-state index is -0.320. The molecule has 0 unspecified atom stereocenters. The van der Waals surface area contributed by atoms with Gasteiger partial charge >= 0.3 is 0 Å². The summed E-state index contributed by atoms with van der Waals surface area (Å²) < 4.78 is 25.8. The predicted octanol–water partition coefficient (Wildman–Crippen LogP) is 3.96. The zero-order valence-corrected chi connectivity index (χ0v) is 16.2. The van der Waals surface area contributed by atoms with E-state index in [2.05, 4.69) is 0 Å². The van der Waals surface area contributed by atoms with Gasteiger partial charge in [0.1, 0.15) is 5.82 Å². The molecule has 0 N–H and O–H groups in total. The molecule has 2 saturated heterocycles. The number of carbonyl (C=O) groups excluding carboxylic acids is 1. The van der Waals surface area contributed by atoms with Gasteiger partial charge in [0.25, 0.3) is 5.91 Å². The summed E-state index contributed by atoms with van der Waals surface area (Å²) in [6, 6.07) is 4.75. The van der Waals surface area contributed by atoms with Crippen molar-refractivity contribution in [1.29, 1.82) is 0 Å². The third kappa shape index (κ3) is 4.19. The Kier molecular flexibility index (Phi) is 5.51. The number of aryl methyl sites for hydroxylation is 1. The lowest BCUT2D eigenvalue weighted by atomic mass is 9.78. The predicted molar refractivity (Wildman–Crippen MR) is 101 cm³/mol. The second-order valence-electron chi connectivity index (χ2n) is 8.46. The Labute approximate surface area is 161 Å². The van der Waals surface area contributed by atoms with Gasteiger partial charge in [0.15, 0.2) is 0 Å². The number of amides is 1. The van der Waals surface area contributed by atoms with Crippen molar-refractivity contribution in [3.05, 3.63) is 35.1 Å². The zero-order valence-electron chi connectivity index (χ0n) is 16.2. The number of nitrogens with zero attached hydrogens (tertiary/aromatic N) is 1. The quantitative estimate of drug-likeness (QED) is 0.707. The molecule has 1 aliphatic carbocycles. The van der Waals surface area contributed by atoms with E-state index in [9.17, 15) is 9.18 Å². The Morgan fingerprint density at radius 3 is 2.78 bits per heavy atom. The lowest BCUT2D eigenvalue weighted by Crippen LogP contribution is -2.49. The number of hydrogen-bond donors (Lipinski definition) is 0. The molecule has 0 bridgehead atoms. The first kappa shape index (κ1) is 18.9. The van der Waals surface area contributed by atoms with Gasteiger partial charge in [-0.3, -0.25) is 4.79 Å². The molecule has 2 heterocycles. The molecule has 1 atom stereocenters. The number of halogens is 1. The van der Waals surface area contributed by atoms with Crippen LogP contribution in [0.25, 0.3) is 0 Å². The second-order valence-corrected chi connectivity index (χ2v) is 8.46. The van der Waals surface area contributed by atoms with Crippen LogP contribution in [-0.2, 0) is 9.47 Å². The average molecular weight is 375 g/mol. The SMILES string of the molecule is Cc1ccc(C(=O)N2CCC3(CC2)OCC[C@H]3CCOCC2CC2)cc1F. The molecule has 1 aromatic rings. The van der Waals surface area contributed by atoms with Crippen molar-refractivity contribution in [2.75, 3.05) is 32.9 Å². The van der Waals surface area contributed by atoms with Crippen LogP contribution in [0.2, 0.25) is 0 Å². The normalized spacial score (nSPS) is 24.5. The van der Waals surface area contributed by atoms with E-state index in [-0.39, 0.29) is 17.3 Å². The van der Waals surface area contributed by atoms with Gasteiger partial charge < -0.3 is 14.4 Å². The van der Waals surface area contributed by atoms with Crippen LogP contribution < -0.4 is 0 Å². The fraction of sp³-hybridized carbons (Fsp3) is 0.682. The first-order valence-corrected chi connectivity index (χ1v) is 10.3. The molecule has 3 aliphatic rings. The highest BCUT2D eigenvalue weighted by atomic mass is 19.1. The van der Waals surface area contributed by atoms with Crippen LogP contribution in [0.1, 0.15) is 54.4 Å². The molecule has 1 spiro atoms. The third-order valence-electron chi connectivity index (χ3n) is 6.58. The van der Waals surface area contributed by atoms with E-state index in [1.54, 1.807) is 19.1 Å². The molecule has 1 aromatic carbocycles. The number of benzene rings is 1. The Hall–Kier alpha value is -1.46. The third-order valence-corrected chi connectivity index (χ3v) is 6.58. The number of piperidine rings is 1. The molecule has 4 nitrogen and oxygen atoms in total. The summed E-state index contributed by atoms with van der Waals surface area (Å²) in [7, 11) is 0. The Bertz CT molecular complexity index is 680. The molecular weight excluding hydrogens is 345 g/mol. The van der Waals surface area contributed by atoms with Gasteiger partial charge in [0, 0.05) is 38.5 Å². The van der Waals surface area contributed by atoms with Gasteiger partial charge in [-0.2, -0.15) is 0 Å². The van der Waals surface area contributed by atoms with Crippen molar-refractivity contribution < 1.29 is 18.7 Å². The number of rotatable bonds is 6. The Morgan fingerprint density at radius 1 is 1.30 bits per heavy atom. The maximum absolute atomic E-state index is 13.8. The second kappa shape index (κ2) is 7.88. The van der Waals surface area contributed by atoms with Crippen molar-refractivity contribution in [2.24, 2.45) is 11.8 Å². The van der Waals surface area contributed by atoms with Gasteiger partial charge in [0.05, 0.1) is 5.60 Å². The first-order valence-electron chi connectivity index (χ1n) is 10.3. The standard InChI is InChI=1S/C22H30FNO3/c1-16-2-5-18(14-20(16)23)21(25)24-10-8-22(9-11-24)19(7-13-27-22)6-12-26-15-17-3-4-17/h2,5,14,17,19H,3-4,6-13,15H2,1H3/t19-/m1/s1. The van der Waals surface area contributed by atoms with Crippen LogP contribution in [0.3, 0.4) is 0 Å². The number of carbonyl (C=O) groups is 1. The van der Waals surface area contributed by atoms with Gasteiger partial charge in [0.2, 0.25) is 0 Å². The average Bonchev–Trinajstić information content (AvgIpc) is 3.43. The van der Waals surface area contributed by atoms with Crippen molar-refractivity contribution >= 4 is 5.91 Å². The van der Waals surface area contributed by atoms with E-state index in [1.165, 1.54) is 18.9 Å². The molecule has 1 amide bonds. The molecule has 4 rings (SSSR count). The van der Waals surface area contributed by atoms with E-state index in [0.29, 0.717) is 30.1 Å². The highest BCUT2D eigenvalue weighted by Gasteiger charge is 2.46. The highest BCUT2D eigenvalue weighted by molar-refractivity contribution is 5.94. The molecule has 2 aliphatic heterocycles. The molecule has 5 heteroatoms. The van der Waals surface area contributed by atoms with E-state index >= 15 is 0 Å². The fourth-order valence-corrected chi connectivity index (χ4v) is 4.50. The minimum absolute atomic E-state index is 0.0777. The monoisotopic (exact) mass is 375 g/mol. The molecule has 148 valence electrons. The summed E-state index contributed by atoms with van der Waals surface area (Å²) in [6.07, 6.45) is 6.50. The van der Waals surface area contributed by atoms with Crippen LogP contribution in [-0.4, -0.2) is 49.3 Å². The smallest absolute Gasteiger partial charge is 0.253 e. The summed E-state index contributed by atoms with van der Waals surface area (Å²) in [4.78, 5) is 14.6. The summed E-state index contributed by atoms with van der Waals surface area (Å²) in [6.45, 7) is 5.60. The fourth-order valence-electron chi connectivity index (χ4n) is 4.50. The summed E-state index contributed by atoms with van der Waals surface area (Å²) >= 11 is 0. The maximum Gasteiger partial charge on any atom is 0.253 e. The largest absolute Gasteiger partial charge is 0.381 e. The van der Waals surface area contributed by atoms with Gasteiger partial charge in [-0.1, -0.05) is 6.07 Å². The van der Waals surface area contributed by atoms with E-state index in [0.717, 1.165) is 51.4 Å². The summed E-state index contributed by atoms with van der Waals surface area (Å²) in [5.41, 5.74) is 0.903. The van der Waals surface area contributed by atoms with E-state index in [4.69, 9.17) is 9.47 Å². The van der Waals surface area contributed by atoms with Crippen LogP contribution in [0.15, 0.2) is 18.2 Å². The number of likely N-dealkylation sites (tertiary alicyclic amines) is 1. The van der Waals surface area contributed by atoms with Crippen molar-refractivity contribution in [2.45, 2.75) is 51.0 Å². The Morgan fingerprint density at radius 2 is 2.07 bits per heavy atom. The van der Waals surface area contributed by atoms with Crippen molar-refractivity contribution in [1.82, 2.24) is 4.90 Å². The van der Waals surface area contributed by atoms with Gasteiger partial charge in [-0.05, 0) is 75.0 Å². The first-order chi connectivity index (χ1) is 13.1. The highest BCUT2D eigenvalue weighted by Crippen LogP contribution is 2.42. The molecule has 0 radical (unpaired) electrons. The van der Waals surface area contributed by atoms with Crippen LogP contribution in [0.5, 0.6) is 0 Å². The summed E-state index contributed by atoms with van der Waals surface area (Å²) in [5, 5.41) is 0. The molecule has 1 saturated carbocycles. The molecule has 3 fully saturated rings. The number of ether oxygens (including phenoxy) is 2. The lowest BCUT2D eigenvalue weighted by Gasteiger charge is -2.42. The van der Waals surface area contributed by atoms with E-state index in [1.807, 2.05) is 4.90 Å². The van der Waals surface area contributed by atoms with Crippen molar-refractivity contribution in [3.8, 4) is 0 Å². The summed E-state index contributed by atoms with van der Waals surface area (Å²) in [5.74, 6) is 0.927. The van der Waals surface area contributed by atoms with Gasteiger partial charge in [-0.15, -0.1) is 0 Å². The van der Waals surface area contributed by atoms with Crippen LogP contribution in [0, 0.1) is 24.6 Å². The zero-order chi connectivity index (χ0) is 18.9. The Balaban J connectivity index is 1.31. The van der Waals surface area contributed by atoms with E-state index < -0.39 is 0 Å². The molecule has 0 aromatic heterocycles. The molecular formula is C22H30FNO3. The molecule has 27 heavy (non-hydrogen) atoms.